The molecule has 0 spiro atoms. The lowest BCUT2D eigenvalue weighted by atomic mass is 10.2. The van der Waals surface area contributed by atoms with Crippen LogP contribution in [0, 0.1) is 5.82 Å². The van der Waals surface area contributed by atoms with Gasteiger partial charge >= 0.3 is 5.97 Å². The van der Waals surface area contributed by atoms with E-state index >= 15 is 0 Å². The van der Waals surface area contributed by atoms with Crippen molar-refractivity contribution < 1.29 is 19.0 Å². The zero-order chi connectivity index (χ0) is 12.1. The quantitative estimate of drug-likeness (QED) is 0.827. The molecule has 0 atom stereocenters. The first-order valence-electron chi connectivity index (χ1n) is 4.80. The van der Waals surface area contributed by atoms with Crippen molar-refractivity contribution in [1.29, 1.82) is 0 Å². The van der Waals surface area contributed by atoms with Crippen LogP contribution in [0.3, 0.4) is 0 Å². The summed E-state index contributed by atoms with van der Waals surface area (Å²) in [7, 11) is 3.77. The molecule has 0 aromatic heterocycles. The van der Waals surface area contributed by atoms with Crippen LogP contribution in [0.2, 0.25) is 0 Å². The van der Waals surface area contributed by atoms with Crippen molar-refractivity contribution in [2.45, 2.75) is 0 Å². The maximum absolute atomic E-state index is 13.0. The number of hydrogen-bond acceptors (Lipinski definition) is 3. The molecule has 1 aromatic carbocycles. The third kappa shape index (κ3) is 3.86. The molecular formula is C11H14FNO3. The number of ether oxygens (including phenoxy) is 1. The van der Waals surface area contributed by atoms with Gasteiger partial charge in [0.1, 0.15) is 18.2 Å². The SMILES string of the molecule is CN(C)CCOc1cc(F)cc(C(=O)O)c1. The molecule has 0 aliphatic rings. The van der Waals surface area contributed by atoms with E-state index in [1.807, 2.05) is 19.0 Å². The first-order chi connectivity index (χ1) is 7.49. The number of carbonyl (C=O) groups is 1. The van der Waals surface area contributed by atoms with E-state index in [2.05, 4.69) is 0 Å². The zero-order valence-corrected chi connectivity index (χ0v) is 9.24. The number of aromatic carboxylic acids is 1. The average Bonchev–Trinajstić information content (AvgIpc) is 2.16. The Kier molecular flexibility index (Phi) is 4.25. The third-order valence-corrected chi connectivity index (χ3v) is 1.93. The van der Waals surface area contributed by atoms with Crippen molar-refractivity contribution >= 4 is 5.97 Å². The van der Waals surface area contributed by atoms with Crippen LogP contribution in [0.1, 0.15) is 10.4 Å². The predicted octanol–water partition coefficient (Wildman–Crippen LogP) is 1.46. The van der Waals surface area contributed by atoms with Gasteiger partial charge in [0.05, 0.1) is 5.56 Å². The van der Waals surface area contributed by atoms with Crippen LogP contribution < -0.4 is 4.74 Å². The molecule has 1 rings (SSSR count). The molecule has 16 heavy (non-hydrogen) atoms. The Morgan fingerprint density at radius 2 is 2.12 bits per heavy atom. The molecule has 0 saturated carbocycles. The highest BCUT2D eigenvalue weighted by Gasteiger charge is 2.07. The zero-order valence-electron chi connectivity index (χ0n) is 9.24. The van der Waals surface area contributed by atoms with E-state index in [0.717, 1.165) is 6.07 Å². The fourth-order valence-corrected chi connectivity index (χ4v) is 1.12. The van der Waals surface area contributed by atoms with Crippen LogP contribution >= 0.6 is 0 Å². The molecule has 0 unspecified atom stereocenters. The van der Waals surface area contributed by atoms with Crippen molar-refractivity contribution in [2.75, 3.05) is 27.2 Å². The summed E-state index contributed by atoms with van der Waals surface area (Å²) in [5, 5.41) is 8.72. The number of halogens is 1. The second-order valence-electron chi connectivity index (χ2n) is 3.63. The van der Waals surface area contributed by atoms with Gasteiger partial charge in [-0.05, 0) is 26.2 Å². The summed E-state index contributed by atoms with van der Waals surface area (Å²) in [5.74, 6) is -1.55. The van der Waals surface area contributed by atoms with E-state index in [0.29, 0.717) is 13.2 Å². The van der Waals surface area contributed by atoms with E-state index in [9.17, 15) is 9.18 Å². The molecule has 4 nitrogen and oxygen atoms in total. The van der Waals surface area contributed by atoms with Crippen molar-refractivity contribution in [3.05, 3.63) is 29.6 Å². The predicted molar refractivity (Wildman–Crippen MR) is 57.4 cm³/mol. The van der Waals surface area contributed by atoms with E-state index in [1.165, 1.54) is 12.1 Å². The molecule has 0 aliphatic carbocycles. The molecule has 1 aromatic rings. The number of likely N-dealkylation sites (N-methyl/N-ethyl adjacent to an activating group) is 1. The number of nitrogens with zero attached hydrogens (tertiary/aromatic N) is 1. The smallest absolute Gasteiger partial charge is 0.335 e. The van der Waals surface area contributed by atoms with E-state index in [1.54, 1.807) is 0 Å². The molecule has 0 heterocycles. The average molecular weight is 227 g/mol. The topological polar surface area (TPSA) is 49.8 Å². The minimum absolute atomic E-state index is 0.111. The molecule has 0 fully saturated rings. The fraction of sp³-hybridized carbons (Fsp3) is 0.364. The number of carboxylic acid groups (broad SMARTS) is 1. The second-order valence-corrected chi connectivity index (χ2v) is 3.63. The minimum Gasteiger partial charge on any atom is -0.492 e. The van der Waals surface area contributed by atoms with Gasteiger partial charge in [-0.3, -0.25) is 0 Å². The number of rotatable bonds is 5. The maximum Gasteiger partial charge on any atom is 0.335 e. The summed E-state index contributed by atoms with van der Waals surface area (Å²) in [5.41, 5.74) is -0.111. The van der Waals surface area contributed by atoms with Crippen LogP contribution in [-0.2, 0) is 0 Å². The van der Waals surface area contributed by atoms with Gasteiger partial charge in [-0.1, -0.05) is 0 Å². The highest BCUT2D eigenvalue weighted by atomic mass is 19.1. The summed E-state index contributed by atoms with van der Waals surface area (Å²) in [4.78, 5) is 12.6. The van der Waals surface area contributed by atoms with Crippen LogP contribution in [0.15, 0.2) is 18.2 Å². The van der Waals surface area contributed by atoms with Gasteiger partial charge in [-0.15, -0.1) is 0 Å². The van der Waals surface area contributed by atoms with Crippen molar-refractivity contribution in [3.8, 4) is 5.75 Å². The molecule has 1 N–H and O–H groups in total. The van der Waals surface area contributed by atoms with Gasteiger partial charge < -0.3 is 14.7 Å². The Morgan fingerprint density at radius 1 is 1.44 bits per heavy atom. The van der Waals surface area contributed by atoms with E-state index in [-0.39, 0.29) is 11.3 Å². The van der Waals surface area contributed by atoms with Crippen LogP contribution in [0.25, 0.3) is 0 Å². The maximum atomic E-state index is 13.0. The summed E-state index contributed by atoms with van der Waals surface area (Å²) in [6.07, 6.45) is 0. The highest BCUT2D eigenvalue weighted by molar-refractivity contribution is 5.88. The second kappa shape index (κ2) is 5.46. The van der Waals surface area contributed by atoms with Crippen LogP contribution in [0.5, 0.6) is 5.75 Å². The lowest BCUT2D eigenvalue weighted by Crippen LogP contribution is -2.19. The van der Waals surface area contributed by atoms with Crippen molar-refractivity contribution in [3.63, 3.8) is 0 Å². The van der Waals surface area contributed by atoms with Gasteiger partial charge in [-0.25, -0.2) is 9.18 Å². The number of carboxylic acids is 1. The molecule has 0 aliphatic heterocycles. The van der Waals surface area contributed by atoms with Gasteiger partial charge in [0, 0.05) is 12.6 Å². The Morgan fingerprint density at radius 3 is 2.69 bits per heavy atom. The largest absolute Gasteiger partial charge is 0.492 e. The number of benzene rings is 1. The Bertz CT molecular complexity index is 379. The Labute approximate surface area is 93.3 Å². The minimum atomic E-state index is -1.17. The highest BCUT2D eigenvalue weighted by Crippen LogP contribution is 2.16. The van der Waals surface area contributed by atoms with Crippen molar-refractivity contribution in [1.82, 2.24) is 4.90 Å². The molecule has 88 valence electrons. The molecule has 0 radical (unpaired) electrons. The first-order valence-corrected chi connectivity index (χ1v) is 4.80. The monoisotopic (exact) mass is 227 g/mol. The van der Waals surface area contributed by atoms with Crippen molar-refractivity contribution in [2.24, 2.45) is 0 Å². The summed E-state index contributed by atoms with van der Waals surface area (Å²) in [6.45, 7) is 1.06. The molecule has 0 amide bonds. The lowest BCUT2D eigenvalue weighted by Gasteiger charge is -2.11. The van der Waals surface area contributed by atoms with Gasteiger partial charge in [-0.2, -0.15) is 0 Å². The number of hydrogen-bond donors (Lipinski definition) is 1. The molecular weight excluding hydrogens is 213 g/mol. The van der Waals surface area contributed by atoms with Gasteiger partial charge in [0.2, 0.25) is 0 Å². The van der Waals surface area contributed by atoms with Gasteiger partial charge in [0.15, 0.2) is 0 Å². The molecule has 0 bridgehead atoms. The Hall–Kier alpha value is -1.62. The lowest BCUT2D eigenvalue weighted by molar-refractivity contribution is 0.0695. The first kappa shape index (κ1) is 12.4. The fourth-order valence-electron chi connectivity index (χ4n) is 1.12. The Balaban J connectivity index is 2.69. The van der Waals surface area contributed by atoms with Gasteiger partial charge in [0.25, 0.3) is 0 Å². The summed E-state index contributed by atoms with van der Waals surface area (Å²) < 4.78 is 18.3. The standard InChI is InChI=1S/C11H14FNO3/c1-13(2)3-4-16-10-6-8(11(14)15)5-9(12)7-10/h5-7H,3-4H2,1-2H3,(H,14,15). The summed E-state index contributed by atoms with van der Waals surface area (Å²) >= 11 is 0. The molecule has 0 saturated heterocycles. The van der Waals surface area contributed by atoms with E-state index in [4.69, 9.17) is 9.84 Å². The van der Waals surface area contributed by atoms with Crippen LogP contribution in [0.4, 0.5) is 4.39 Å². The third-order valence-electron chi connectivity index (χ3n) is 1.93. The van der Waals surface area contributed by atoms with E-state index < -0.39 is 11.8 Å². The van der Waals surface area contributed by atoms with Crippen LogP contribution in [-0.4, -0.2) is 43.2 Å². The summed E-state index contributed by atoms with van der Waals surface area (Å²) in [6, 6.07) is 3.43. The normalized spacial score (nSPS) is 10.5. The molecule has 5 heteroatoms.